The fourth-order valence-corrected chi connectivity index (χ4v) is 8.13. The van der Waals surface area contributed by atoms with E-state index in [0.29, 0.717) is 19.3 Å². The second-order valence-electron chi connectivity index (χ2n) is 20.2. The van der Waals surface area contributed by atoms with Crippen molar-refractivity contribution < 1.29 is 28.6 Å². The molecule has 0 N–H and O–H groups in total. The van der Waals surface area contributed by atoms with Crippen LogP contribution in [0, 0.1) is 0 Å². The van der Waals surface area contributed by atoms with Gasteiger partial charge in [0.2, 0.25) is 0 Å². The Labute approximate surface area is 480 Å². The summed E-state index contributed by atoms with van der Waals surface area (Å²) >= 11 is 0. The normalized spacial score (nSPS) is 13.2. The topological polar surface area (TPSA) is 78.9 Å². The van der Waals surface area contributed by atoms with Gasteiger partial charge in [0.15, 0.2) is 6.10 Å². The van der Waals surface area contributed by atoms with E-state index >= 15 is 0 Å². The summed E-state index contributed by atoms with van der Waals surface area (Å²) in [6.07, 6.45) is 94.2. The fraction of sp³-hybridized carbons (Fsp3) is 0.597. The molecule has 0 amide bonds. The summed E-state index contributed by atoms with van der Waals surface area (Å²) in [5.41, 5.74) is 0. The lowest BCUT2D eigenvalue weighted by atomic mass is 10.1. The minimum atomic E-state index is -0.796. The van der Waals surface area contributed by atoms with Gasteiger partial charge in [-0.25, -0.2) is 0 Å². The van der Waals surface area contributed by atoms with Crippen molar-refractivity contribution in [3.05, 3.63) is 158 Å². The second-order valence-corrected chi connectivity index (χ2v) is 20.2. The molecule has 438 valence electrons. The average Bonchev–Trinajstić information content (AvgIpc) is 3.44. The molecule has 0 aliphatic rings. The molecule has 0 saturated carbocycles. The highest BCUT2D eigenvalue weighted by Gasteiger charge is 2.19. The molecule has 0 aromatic carbocycles. The first-order valence-electron chi connectivity index (χ1n) is 31.5. The van der Waals surface area contributed by atoms with Crippen LogP contribution in [0.1, 0.15) is 258 Å². The van der Waals surface area contributed by atoms with Crippen molar-refractivity contribution in [2.45, 2.75) is 264 Å². The molecule has 0 aromatic rings. The van der Waals surface area contributed by atoms with Gasteiger partial charge in [-0.05, 0) is 128 Å². The van der Waals surface area contributed by atoms with E-state index < -0.39 is 6.10 Å². The van der Waals surface area contributed by atoms with E-state index in [0.717, 1.165) is 167 Å². The summed E-state index contributed by atoms with van der Waals surface area (Å²) in [5, 5.41) is 0. The van der Waals surface area contributed by atoms with Crippen molar-refractivity contribution in [2.75, 3.05) is 13.2 Å². The van der Waals surface area contributed by atoms with Crippen LogP contribution in [0.25, 0.3) is 0 Å². The largest absolute Gasteiger partial charge is 0.462 e. The number of carbonyl (C=O) groups excluding carboxylic acids is 3. The van der Waals surface area contributed by atoms with Crippen LogP contribution in [0.5, 0.6) is 0 Å². The molecule has 0 radical (unpaired) electrons. The summed E-state index contributed by atoms with van der Waals surface area (Å²) < 4.78 is 16.8. The van der Waals surface area contributed by atoms with Crippen LogP contribution >= 0.6 is 0 Å². The number of hydrogen-bond donors (Lipinski definition) is 0. The molecular weight excluding hydrogens is 961 g/mol. The van der Waals surface area contributed by atoms with E-state index in [-0.39, 0.29) is 31.1 Å². The van der Waals surface area contributed by atoms with Gasteiger partial charge in [0.25, 0.3) is 0 Å². The Morgan fingerprint density at radius 2 is 0.500 bits per heavy atom. The third-order valence-electron chi connectivity index (χ3n) is 12.8. The van der Waals surface area contributed by atoms with Gasteiger partial charge < -0.3 is 14.2 Å². The van der Waals surface area contributed by atoms with Crippen LogP contribution in [-0.2, 0) is 28.6 Å². The highest BCUT2D eigenvalue weighted by molar-refractivity contribution is 5.71. The lowest BCUT2D eigenvalue weighted by Crippen LogP contribution is -2.30. The number of allylic oxidation sites excluding steroid dienone is 26. The molecule has 0 aromatic heterocycles. The van der Waals surface area contributed by atoms with Crippen molar-refractivity contribution in [3.63, 3.8) is 0 Å². The molecule has 0 saturated heterocycles. The van der Waals surface area contributed by atoms with E-state index in [1.165, 1.54) is 51.4 Å². The molecule has 6 heteroatoms. The molecule has 0 spiro atoms. The van der Waals surface area contributed by atoms with Gasteiger partial charge >= 0.3 is 17.9 Å². The van der Waals surface area contributed by atoms with Crippen molar-refractivity contribution in [3.8, 4) is 0 Å². The maximum atomic E-state index is 12.9. The third kappa shape index (κ3) is 61.9. The SMILES string of the molecule is CC/C=C\C/C=C\C/C=C\C/C=C\C/C=C\C/C=C\C/C=C\CCCCCCCC(=O)OCC(COC(=O)CCCCCCCC)OC(=O)CCCCCCCCCC/C=C\C/C=C\C/C=C\C/C=C\C/C=C\C/C=C\CC. The summed E-state index contributed by atoms with van der Waals surface area (Å²) in [4.78, 5) is 38.0. The summed E-state index contributed by atoms with van der Waals surface area (Å²) in [6, 6.07) is 0. The Bertz CT molecular complexity index is 1760. The van der Waals surface area contributed by atoms with Crippen LogP contribution in [0.2, 0.25) is 0 Å². The number of carbonyl (C=O) groups is 3. The third-order valence-corrected chi connectivity index (χ3v) is 12.8. The molecule has 6 nitrogen and oxygen atoms in total. The Morgan fingerprint density at radius 3 is 0.782 bits per heavy atom. The highest BCUT2D eigenvalue weighted by Crippen LogP contribution is 2.14. The van der Waals surface area contributed by atoms with Crippen molar-refractivity contribution in [1.29, 1.82) is 0 Å². The first kappa shape index (κ1) is 73.0. The first-order valence-corrected chi connectivity index (χ1v) is 31.5. The van der Waals surface area contributed by atoms with E-state index in [2.05, 4.69) is 179 Å². The van der Waals surface area contributed by atoms with Gasteiger partial charge in [-0.1, -0.05) is 269 Å². The maximum absolute atomic E-state index is 12.9. The predicted octanol–water partition coefficient (Wildman–Crippen LogP) is 21.7. The van der Waals surface area contributed by atoms with Gasteiger partial charge in [-0.15, -0.1) is 0 Å². The first-order chi connectivity index (χ1) is 38.5. The summed E-state index contributed by atoms with van der Waals surface area (Å²) in [5.74, 6) is -0.937. The average molecular weight is 1080 g/mol. The number of unbranched alkanes of at least 4 members (excludes halogenated alkanes) is 18. The smallest absolute Gasteiger partial charge is 0.306 e. The molecule has 1 atom stereocenters. The van der Waals surface area contributed by atoms with Crippen molar-refractivity contribution in [2.24, 2.45) is 0 Å². The molecule has 78 heavy (non-hydrogen) atoms. The van der Waals surface area contributed by atoms with Crippen molar-refractivity contribution >= 4 is 17.9 Å². The number of esters is 3. The quantitative estimate of drug-likeness (QED) is 0.0261. The Kier molecular flexibility index (Phi) is 60.4. The molecule has 0 rings (SSSR count). The van der Waals surface area contributed by atoms with Crippen LogP contribution in [-0.4, -0.2) is 37.2 Å². The molecule has 0 heterocycles. The maximum Gasteiger partial charge on any atom is 0.306 e. The Balaban J connectivity index is 4.22. The molecule has 0 fully saturated rings. The van der Waals surface area contributed by atoms with Crippen LogP contribution in [0.15, 0.2) is 158 Å². The second kappa shape index (κ2) is 64.6. The van der Waals surface area contributed by atoms with Crippen LogP contribution in [0.3, 0.4) is 0 Å². The Hall–Kier alpha value is -4.97. The van der Waals surface area contributed by atoms with E-state index in [1.54, 1.807) is 0 Å². The fourth-order valence-electron chi connectivity index (χ4n) is 8.13. The van der Waals surface area contributed by atoms with Crippen LogP contribution in [0.4, 0.5) is 0 Å². The van der Waals surface area contributed by atoms with E-state index in [4.69, 9.17) is 14.2 Å². The molecule has 0 aliphatic carbocycles. The highest BCUT2D eigenvalue weighted by atomic mass is 16.6. The molecular formula is C72H114O6. The zero-order chi connectivity index (χ0) is 56.4. The standard InChI is InChI=1S/C72H114O6/c1-4-7-10-13-16-18-20-22-24-26-28-30-32-34-36-38-40-42-44-46-48-50-52-54-56-59-62-65-71(74)77-68-69(67-76-70(73)64-61-58-15-12-9-6-3)78-72(75)66-63-60-57-55-53-51-49-47-45-43-41-39-37-35-33-31-29-27-25-23-21-19-17-14-11-8-5-2/h7-8,10-11,16-19,22-25,28-31,34-37,40-43,46,48,69H,4-6,9,12-15,20-21,26-27,32-33,38-39,44-45,47,49-68H2,1-3H3/b10-7-,11-8-,18-16-,19-17-,24-22-,25-23-,30-28-,31-29-,36-34-,37-35-,42-40-,43-41-,48-46-. The molecule has 0 aliphatic heterocycles. The lowest BCUT2D eigenvalue weighted by molar-refractivity contribution is -0.167. The predicted molar refractivity (Wildman–Crippen MR) is 338 cm³/mol. The van der Waals surface area contributed by atoms with Gasteiger partial charge in [0.05, 0.1) is 0 Å². The number of hydrogen-bond acceptors (Lipinski definition) is 6. The minimum Gasteiger partial charge on any atom is -0.462 e. The van der Waals surface area contributed by atoms with Gasteiger partial charge in [0.1, 0.15) is 13.2 Å². The zero-order valence-electron chi connectivity index (χ0n) is 50.1. The number of rotatable bonds is 55. The summed E-state index contributed by atoms with van der Waals surface area (Å²) in [6.45, 7) is 6.32. The van der Waals surface area contributed by atoms with Gasteiger partial charge in [-0.2, -0.15) is 0 Å². The summed E-state index contributed by atoms with van der Waals surface area (Å²) in [7, 11) is 0. The zero-order valence-corrected chi connectivity index (χ0v) is 50.1. The monoisotopic (exact) mass is 1070 g/mol. The Morgan fingerprint density at radius 1 is 0.269 bits per heavy atom. The molecule has 0 bridgehead atoms. The van der Waals surface area contributed by atoms with Gasteiger partial charge in [0, 0.05) is 19.3 Å². The minimum absolute atomic E-state index is 0.0936. The lowest BCUT2D eigenvalue weighted by Gasteiger charge is -2.18. The number of ether oxygens (including phenoxy) is 3. The van der Waals surface area contributed by atoms with E-state index in [9.17, 15) is 14.4 Å². The van der Waals surface area contributed by atoms with Crippen LogP contribution < -0.4 is 0 Å². The molecule has 1 unspecified atom stereocenters. The van der Waals surface area contributed by atoms with Crippen molar-refractivity contribution in [1.82, 2.24) is 0 Å². The van der Waals surface area contributed by atoms with Gasteiger partial charge in [-0.3, -0.25) is 14.4 Å². The van der Waals surface area contributed by atoms with E-state index in [1.807, 2.05) is 0 Å².